The molecule has 136 valence electrons. The van der Waals surface area contributed by atoms with Crippen molar-refractivity contribution >= 4 is 29.0 Å². The number of nitrogens with two attached hydrogens (primary N) is 1. The number of aryl methyl sites for hydroxylation is 1. The number of aromatic nitrogens is 1. The van der Waals surface area contributed by atoms with E-state index in [-0.39, 0.29) is 17.6 Å². The second-order valence-electron chi connectivity index (χ2n) is 5.96. The first-order valence-corrected chi connectivity index (χ1v) is 8.16. The molecular weight excluding hydrogens is 344 g/mol. The minimum Gasteiger partial charge on any atom is -0.508 e. The van der Waals surface area contributed by atoms with Gasteiger partial charge in [0.2, 0.25) is 0 Å². The van der Waals surface area contributed by atoms with Crippen molar-refractivity contribution in [1.29, 1.82) is 0 Å². The molecule has 7 nitrogen and oxygen atoms in total. The van der Waals surface area contributed by atoms with Gasteiger partial charge in [0.25, 0.3) is 11.8 Å². The van der Waals surface area contributed by atoms with Crippen LogP contribution in [0.15, 0.2) is 60.8 Å². The van der Waals surface area contributed by atoms with Gasteiger partial charge in [-0.1, -0.05) is 6.07 Å². The molecule has 0 aliphatic rings. The molecule has 3 rings (SSSR count). The average Bonchev–Trinajstić information content (AvgIpc) is 2.65. The van der Waals surface area contributed by atoms with E-state index in [1.54, 1.807) is 43.3 Å². The van der Waals surface area contributed by atoms with Crippen LogP contribution in [-0.2, 0) is 0 Å². The van der Waals surface area contributed by atoms with Gasteiger partial charge >= 0.3 is 0 Å². The second kappa shape index (κ2) is 7.57. The minimum atomic E-state index is -0.358. The van der Waals surface area contributed by atoms with Crippen LogP contribution in [0.5, 0.6) is 5.75 Å². The third-order valence-electron chi connectivity index (χ3n) is 3.91. The molecule has 0 bridgehead atoms. The zero-order valence-corrected chi connectivity index (χ0v) is 14.6. The summed E-state index contributed by atoms with van der Waals surface area (Å²) in [7, 11) is 0. The number of anilines is 3. The van der Waals surface area contributed by atoms with Crippen molar-refractivity contribution in [2.24, 2.45) is 0 Å². The van der Waals surface area contributed by atoms with E-state index in [4.69, 9.17) is 5.73 Å². The monoisotopic (exact) mass is 362 g/mol. The lowest BCUT2D eigenvalue weighted by atomic mass is 10.0. The lowest BCUT2D eigenvalue weighted by Crippen LogP contribution is -2.17. The number of amides is 2. The summed E-state index contributed by atoms with van der Waals surface area (Å²) >= 11 is 0. The number of hydrogen-bond acceptors (Lipinski definition) is 5. The Bertz CT molecular complexity index is 983. The van der Waals surface area contributed by atoms with Gasteiger partial charge in [0.15, 0.2) is 0 Å². The highest BCUT2D eigenvalue weighted by atomic mass is 16.3. The van der Waals surface area contributed by atoms with Crippen LogP contribution >= 0.6 is 0 Å². The largest absolute Gasteiger partial charge is 0.508 e. The molecule has 0 spiro atoms. The molecule has 1 aromatic heterocycles. The Hall–Kier alpha value is -3.87. The van der Waals surface area contributed by atoms with Crippen LogP contribution in [0.4, 0.5) is 17.2 Å². The van der Waals surface area contributed by atoms with E-state index in [0.29, 0.717) is 28.3 Å². The molecule has 0 aliphatic carbocycles. The van der Waals surface area contributed by atoms with Crippen LogP contribution in [0.2, 0.25) is 0 Å². The molecule has 1 heterocycles. The minimum absolute atomic E-state index is 0.111. The lowest BCUT2D eigenvalue weighted by Gasteiger charge is -2.10. The molecule has 0 radical (unpaired) electrons. The number of rotatable bonds is 4. The topological polar surface area (TPSA) is 117 Å². The fourth-order valence-electron chi connectivity index (χ4n) is 2.43. The molecule has 2 amide bonds. The molecule has 0 atom stereocenters. The number of aromatic hydroxyl groups is 1. The van der Waals surface area contributed by atoms with Crippen LogP contribution < -0.4 is 16.4 Å². The Morgan fingerprint density at radius 1 is 0.926 bits per heavy atom. The van der Waals surface area contributed by atoms with Gasteiger partial charge in [-0.25, -0.2) is 4.98 Å². The summed E-state index contributed by atoms with van der Waals surface area (Å²) in [6.45, 7) is 1.79. The molecule has 7 heteroatoms. The Kier molecular flexibility index (Phi) is 5.03. The van der Waals surface area contributed by atoms with Crippen LogP contribution in [0.25, 0.3) is 0 Å². The number of benzene rings is 2. The van der Waals surface area contributed by atoms with Gasteiger partial charge in [-0.15, -0.1) is 0 Å². The Labute approximate surface area is 155 Å². The average molecular weight is 362 g/mol. The van der Waals surface area contributed by atoms with Gasteiger partial charge in [0.05, 0.1) is 11.9 Å². The van der Waals surface area contributed by atoms with Gasteiger partial charge in [0.1, 0.15) is 11.6 Å². The predicted molar refractivity (Wildman–Crippen MR) is 104 cm³/mol. The molecule has 3 aromatic rings. The molecule has 0 fully saturated rings. The van der Waals surface area contributed by atoms with Crippen LogP contribution in [0.3, 0.4) is 0 Å². The van der Waals surface area contributed by atoms with Crippen molar-refractivity contribution in [1.82, 2.24) is 4.98 Å². The molecule has 2 aromatic carbocycles. The number of phenols is 1. The number of carbonyl (C=O) groups excluding carboxylic acids is 2. The van der Waals surface area contributed by atoms with Crippen LogP contribution in [0, 0.1) is 6.92 Å². The van der Waals surface area contributed by atoms with Crippen LogP contribution in [-0.4, -0.2) is 21.9 Å². The summed E-state index contributed by atoms with van der Waals surface area (Å²) in [5.41, 5.74) is 8.04. The second-order valence-corrected chi connectivity index (χ2v) is 5.96. The smallest absolute Gasteiger partial charge is 0.255 e. The molecule has 0 saturated heterocycles. The Balaban J connectivity index is 1.78. The summed E-state index contributed by atoms with van der Waals surface area (Å²) in [5.74, 6) is -0.237. The summed E-state index contributed by atoms with van der Waals surface area (Å²) in [5, 5.41) is 14.8. The van der Waals surface area contributed by atoms with Gasteiger partial charge in [-0.3, -0.25) is 9.59 Å². The number of nitrogen functional groups attached to an aromatic ring is 1. The first-order valence-electron chi connectivity index (χ1n) is 8.16. The number of phenolic OH excluding ortho intramolecular Hbond substituents is 1. The van der Waals surface area contributed by atoms with Crippen molar-refractivity contribution in [2.75, 3.05) is 16.4 Å². The molecule has 0 aliphatic heterocycles. The van der Waals surface area contributed by atoms with E-state index in [9.17, 15) is 14.7 Å². The third-order valence-corrected chi connectivity index (χ3v) is 3.91. The zero-order chi connectivity index (χ0) is 19.4. The number of pyridine rings is 1. The number of carbonyl (C=O) groups is 2. The van der Waals surface area contributed by atoms with Gasteiger partial charge in [0, 0.05) is 16.8 Å². The van der Waals surface area contributed by atoms with E-state index >= 15 is 0 Å². The fraction of sp³-hybridized carbons (Fsp3) is 0.0500. The molecule has 0 unspecified atom stereocenters. The van der Waals surface area contributed by atoms with E-state index in [1.807, 2.05) is 0 Å². The van der Waals surface area contributed by atoms with E-state index in [1.165, 1.54) is 24.4 Å². The summed E-state index contributed by atoms with van der Waals surface area (Å²) in [6.07, 6.45) is 1.46. The van der Waals surface area contributed by atoms with E-state index in [0.717, 1.165) is 5.56 Å². The van der Waals surface area contributed by atoms with Crippen molar-refractivity contribution in [3.8, 4) is 5.75 Å². The highest BCUT2D eigenvalue weighted by molar-refractivity contribution is 6.09. The summed E-state index contributed by atoms with van der Waals surface area (Å²) in [6, 6.07) is 14.3. The number of nitrogens with one attached hydrogen (secondary N) is 2. The van der Waals surface area contributed by atoms with Gasteiger partial charge in [-0.05, 0) is 61.0 Å². The first-order chi connectivity index (χ1) is 12.9. The number of nitrogens with zero attached hydrogens (tertiary/aromatic N) is 1. The maximum Gasteiger partial charge on any atom is 0.255 e. The van der Waals surface area contributed by atoms with Crippen molar-refractivity contribution in [2.45, 2.75) is 6.92 Å². The van der Waals surface area contributed by atoms with Gasteiger partial charge in [-0.2, -0.15) is 0 Å². The zero-order valence-electron chi connectivity index (χ0n) is 14.6. The standard InChI is InChI=1S/C20H18N4O3/c1-12-2-3-13(19(26)23-14-4-7-16(25)8-5-14)10-17(12)20(27)24-15-6-9-18(21)22-11-15/h2-11,25H,1H3,(H2,21,22)(H,23,26)(H,24,27). The van der Waals surface area contributed by atoms with Gasteiger partial charge < -0.3 is 21.5 Å². The van der Waals surface area contributed by atoms with Crippen molar-refractivity contribution < 1.29 is 14.7 Å². The predicted octanol–water partition coefficient (Wildman–Crippen LogP) is 3.18. The van der Waals surface area contributed by atoms with Crippen LogP contribution in [0.1, 0.15) is 26.3 Å². The quantitative estimate of drug-likeness (QED) is 0.532. The SMILES string of the molecule is Cc1ccc(C(=O)Nc2ccc(O)cc2)cc1C(=O)Nc1ccc(N)nc1. The molecule has 0 saturated carbocycles. The summed E-state index contributed by atoms with van der Waals surface area (Å²) < 4.78 is 0. The Morgan fingerprint density at radius 2 is 1.59 bits per heavy atom. The lowest BCUT2D eigenvalue weighted by molar-refractivity contribution is 0.102. The summed E-state index contributed by atoms with van der Waals surface area (Å²) in [4.78, 5) is 28.9. The highest BCUT2D eigenvalue weighted by Crippen LogP contribution is 2.18. The highest BCUT2D eigenvalue weighted by Gasteiger charge is 2.14. The fourth-order valence-corrected chi connectivity index (χ4v) is 2.43. The normalized spacial score (nSPS) is 10.3. The molecule has 27 heavy (non-hydrogen) atoms. The van der Waals surface area contributed by atoms with Crippen molar-refractivity contribution in [3.63, 3.8) is 0 Å². The third kappa shape index (κ3) is 4.40. The maximum absolute atomic E-state index is 12.6. The molecule has 5 N–H and O–H groups in total. The van der Waals surface area contributed by atoms with E-state index in [2.05, 4.69) is 15.6 Å². The van der Waals surface area contributed by atoms with Crippen molar-refractivity contribution in [3.05, 3.63) is 77.5 Å². The number of hydrogen-bond donors (Lipinski definition) is 4. The van der Waals surface area contributed by atoms with E-state index < -0.39 is 0 Å². The maximum atomic E-state index is 12.6. The first kappa shape index (κ1) is 17.9. The Morgan fingerprint density at radius 3 is 2.26 bits per heavy atom. The molecular formula is C20H18N4O3.